The van der Waals surface area contributed by atoms with E-state index in [9.17, 15) is 5.11 Å². The molecule has 0 fully saturated rings. The summed E-state index contributed by atoms with van der Waals surface area (Å²) >= 11 is 0. The summed E-state index contributed by atoms with van der Waals surface area (Å²) in [5.41, 5.74) is 0.800. The van der Waals surface area contributed by atoms with E-state index in [4.69, 9.17) is 9.15 Å². The molecule has 0 radical (unpaired) electrons. The van der Waals surface area contributed by atoms with E-state index in [-0.39, 0.29) is 12.1 Å². The summed E-state index contributed by atoms with van der Waals surface area (Å²) in [5, 5.41) is 13.7. The van der Waals surface area contributed by atoms with Crippen LogP contribution in [-0.2, 0) is 0 Å². The zero-order valence-electron chi connectivity index (χ0n) is 12.3. The molecule has 110 valence electrons. The van der Waals surface area contributed by atoms with Crippen LogP contribution in [0.25, 0.3) is 11.0 Å². The van der Waals surface area contributed by atoms with Crippen molar-refractivity contribution in [1.29, 1.82) is 0 Å². The number of hydrogen-bond acceptors (Lipinski definition) is 4. The van der Waals surface area contributed by atoms with Gasteiger partial charge in [-0.2, -0.15) is 0 Å². The Morgan fingerprint density at radius 1 is 1.35 bits per heavy atom. The molecule has 0 saturated heterocycles. The molecule has 1 heterocycles. The van der Waals surface area contributed by atoms with E-state index in [1.165, 1.54) is 0 Å². The molecule has 0 aliphatic heterocycles. The lowest BCUT2D eigenvalue weighted by molar-refractivity contribution is 0.182. The van der Waals surface area contributed by atoms with Crippen molar-refractivity contribution in [2.75, 3.05) is 13.2 Å². The standard InChI is InChI=1S/C16H23NO3/c1-4-19-14-7-5-6-13-10-15(20-16(13)14)12(3)17-9-8-11(2)18/h5-7,10-12,17-18H,4,8-9H2,1-3H3. The third-order valence-electron chi connectivity index (χ3n) is 3.27. The fourth-order valence-corrected chi connectivity index (χ4v) is 2.15. The van der Waals surface area contributed by atoms with Crippen LogP contribution in [0.1, 0.15) is 39.0 Å². The van der Waals surface area contributed by atoms with E-state index in [0.717, 1.165) is 35.4 Å². The highest BCUT2D eigenvalue weighted by molar-refractivity contribution is 5.83. The van der Waals surface area contributed by atoms with Crippen molar-refractivity contribution < 1.29 is 14.3 Å². The van der Waals surface area contributed by atoms with Crippen molar-refractivity contribution in [3.8, 4) is 5.75 Å². The Morgan fingerprint density at radius 3 is 2.85 bits per heavy atom. The number of ether oxygens (including phenoxy) is 1. The van der Waals surface area contributed by atoms with Crippen molar-refractivity contribution in [3.05, 3.63) is 30.0 Å². The second kappa shape index (κ2) is 6.77. The smallest absolute Gasteiger partial charge is 0.176 e. The topological polar surface area (TPSA) is 54.6 Å². The van der Waals surface area contributed by atoms with Crippen LogP contribution in [0.5, 0.6) is 5.75 Å². The molecule has 0 bridgehead atoms. The number of aliphatic hydroxyl groups excluding tert-OH is 1. The van der Waals surface area contributed by atoms with Crippen LogP contribution in [0.3, 0.4) is 0 Å². The molecule has 0 spiro atoms. The number of furan rings is 1. The summed E-state index contributed by atoms with van der Waals surface area (Å²) < 4.78 is 11.5. The molecule has 0 aliphatic carbocycles. The molecule has 1 aromatic heterocycles. The maximum Gasteiger partial charge on any atom is 0.176 e. The average Bonchev–Trinajstić information content (AvgIpc) is 2.83. The van der Waals surface area contributed by atoms with Crippen LogP contribution in [0.4, 0.5) is 0 Å². The minimum Gasteiger partial charge on any atom is -0.490 e. The monoisotopic (exact) mass is 277 g/mol. The fraction of sp³-hybridized carbons (Fsp3) is 0.500. The summed E-state index contributed by atoms with van der Waals surface area (Å²) in [7, 11) is 0. The fourth-order valence-electron chi connectivity index (χ4n) is 2.15. The Bertz CT molecular complexity index is 548. The minimum absolute atomic E-state index is 0.107. The van der Waals surface area contributed by atoms with Crippen LogP contribution in [-0.4, -0.2) is 24.4 Å². The molecular formula is C16H23NO3. The Labute approximate surface area is 119 Å². The molecular weight excluding hydrogens is 254 g/mol. The second-order valence-corrected chi connectivity index (χ2v) is 5.07. The van der Waals surface area contributed by atoms with E-state index in [2.05, 4.69) is 12.2 Å². The van der Waals surface area contributed by atoms with Gasteiger partial charge in [0.25, 0.3) is 0 Å². The molecule has 2 rings (SSSR count). The predicted octanol–water partition coefficient (Wildman–Crippen LogP) is 3.25. The van der Waals surface area contributed by atoms with Crippen molar-refractivity contribution >= 4 is 11.0 Å². The highest BCUT2D eigenvalue weighted by Crippen LogP contribution is 2.31. The van der Waals surface area contributed by atoms with Gasteiger partial charge < -0.3 is 19.6 Å². The Kier molecular flexibility index (Phi) is 5.04. The van der Waals surface area contributed by atoms with Gasteiger partial charge in [-0.05, 0) is 45.9 Å². The molecule has 2 N–H and O–H groups in total. The lowest BCUT2D eigenvalue weighted by atomic mass is 10.2. The van der Waals surface area contributed by atoms with Crippen LogP contribution in [0.15, 0.2) is 28.7 Å². The van der Waals surface area contributed by atoms with E-state index in [0.29, 0.717) is 6.61 Å². The van der Waals surface area contributed by atoms with E-state index < -0.39 is 0 Å². The van der Waals surface area contributed by atoms with Gasteiger partial charge in [-0.3, -0.25) is 0 Å². The summed E-state index contributed by atoms with van der Waals surface area (Å²) in [6.07, 6.45) is 0.448. The SMILES string of the molecule is CCOc1cccc2cc(C(C)NCCC(C)O)oc12. The van der Waals surface area contributed by atoms with Gasteiger partial charge in [-0.15, -0.1) is 0 Å². The van der Waals surface area contributed by atoms with Gasteiger partial charge in [-0.1, -0.05) is 12.1 Å². The number of aliphatic hydroxyl groups is 1. The first-order valence-electron chi connectivity index (χ1n) is 7.18. The maximum atomic E-state index is 9.27. The third kappa shape index (κ3) is 3.52. The zero-order chi connectivity index (χ0) is 14.5. The molecule has 0 aliphatic rings. The Hall–Kier alpha value is -1.52. The van der Waals surface area contributed by atoms with Crippen LogP contribution in [0.2, 0.25) is 0 Å². The maximum absolute atomic E-state index is 9.27. The first-order chi connectivity index (χ1) is 9.61. The Morgan fingerprint density at radius 2 is 2.15 bits per heavy atom. The Balaban J connectivity index is 2.12. The molecule has 2 unspecified atom stereocenters. The first kappa shape index (κ1) is 14.9. The van der Waals surface area contributed by atoms with Gasteiger partial charge in [0, 0.05) is 5.39 Å². The predicted molar refractivity (Wildman–Crippen MR) is 80.1 cm³/mol. The summed E-state index contributed by atoms with van der Waals surface area (Å²) in [6, 6.07) is 8.06. The highest BCUT2D eigenvalue weighted by atomic mass is 16.5. The number of benzene rings is 1. The van der Waals surface area contributed by atoms with Gasteiger partial charge in [0.1, 0.15) is 5.76 Å². The van der Waals surface area contributed by atoms with E-state index in [1.54, 1.807) is 6.92 Å². The molecule has 2 aromatic rings. The molecule has 4 heteroatoms. The van der Waals surface area contributed by atoms with Gasteiger partial charge >= 0.3 is 0 Å². The van der Waals surface area contributed by atoms with Crippen LogP contribution >= 0.6 is 0 Å². The zero-order valence-corrected chi connectivity index (χ0v) is 12.3. The number of para-hydroxylation sites is 1. The number of fused-ring (bicyclic) bond motifs is 1. The number of nitrogens with one attached hydrogen (secondary N) is 1. The lowest BCUT2D eigenvalue weighted by Gasteiger charge is -2.12. The van der Waals surface area contributed by atoms with E-state index >= 15 is 0 Å². The van der Waals surface area contributed by atoms with Crippen molar-refractivity contribution in [2.45, 2.75) is 39.3 Å². The van der Waals surface area contributed by atoms with Crippen molar-refractivity contribution in [3.63, 3.8) is 0 Å². The molecule has 1 aromatic carbocycles. The minimum atomic E-state index is -0.282. The normalized spacial score (nSPS) is 14.4. The average molecular weight is 277 g/mol. The lowest BCUT2D eigenvalue weighted by Crippen LogP contribution is -2.22. The van der Waals surface area contributed by atoms with Crippen LogP contribution < -0.4 is 10.1 Å². The van der Waals surface area contributed by atoms with Gasteiger partial charge in [0.15, 0.2) is 11.3 Å². The number of rotatable bonds is 7. The first-order valence-corrected chi connectivity index (χ1v) is 7.18. The molecule has 0 saturated carbocycles. The summed E-state index contributed by atoms with van der Waals surface area (Å²) in [6.45, 7) is 7.19. The molecule has 2 atom stereocenters. The van der Waals surface area contributed by atoms with E-state index in [1.807, 2.05) is 31.2 Å². The second-order valence-electron chi connectivity index (χ2n) is 5.07. The summed E-state index contributed by atoms with van der Waals surface area (Å²) in [5.74, 6) is 1.67. The number of hydrogen-bond donors (Lipinski definition) is 2. The van der Waals surface area contributed by atoms with Gasteiger partial charge in [0.2, 0.25) is 0 Å². The molecule has 0 amide bonds. The third-order valence-corrected chi connectivity index (χ3v) is 3.27. The quantitative estimate of drug-likeness (QED) is 0.815. The largest absolute Gasteiger partial charge is 0.490 e. The van der Waals surface area contributed by atoms with Crippen molar-refractivity contribution in [1.82, 2.24) is 5.32 Å². The van der Waals surface area contributed by atoms with Gasteiger partial charge in [-0.25, -0.2) is 0 Å². The summed E-state index contributed by atoms with van der Waals surface area (Å²) in [4.78, 5) is 0. The highest BCUT2D eigenvalue weighted by Gasteiger charge is 2.13. The molecule has 20 heavy (non-hydrogen) atoms. The molecule has 4 nitrogen and oxygen atoms in total. The van der Waals surface area contributed by atoms with Crippen molar-refractivity contribution in [2.24, 2.45) is 0 Å². The van der Waals surface area contributed by atoms with Crippen LogP contribution in [0, 0.1) is 0 Å². The van der Waals surface area contributed by atoms with Gasteiger partial charge in [0.05, 0.1) is 18.8 Å².